The van der Waals surface area contributed by atoms with Crippen molar-refractivity contribution >= 4 is 28.3 Å². The van der Waals surface area contributed by atoms with E-state index in [0.717, 1.165) is 6.07 Å². The lowest BCUT2D eigenvalue weighted by Gasteiger charge is -2.10. The fraction of sp³-hybridized carbons (Fsp3) is 0.286. The highest BCUT2D eigenvalue weighted by Crippen LogP contribution is 2.32. The Labute approximate surface area is 93.2 Å². The van der Waals surface area contributed by atoms with Gasteiger partial charge in [-0.3, -0.25) is 4.98 Å². The van der Waals surface area contributed by atoms with Crippen LogP contribution in [-0.4, -0.2) is 4.98 Å². The maximum Gasteiger partial charge on any atom is 0.418 e. The fourth-order valence-corrected chi connectivity index (χ4v) is 1.21. The molecule has 0 atom stereocenters. The summed E-state index contributed by atoms with van der Waals surface area (Å²) in [6.45, 7) is -0.220. The van der Waals surface area contributed by atoms with Gasteiger partial charge in [-0.25, -0.2) is 0 Å². The van der Waals surface area contributed by atoms with Crippen molar-refractivity contribution in [3.63, 3.8) is 0 Å². The monoisotopic (exact) mass is 290 g/mol. The highest BCUT2D eigenvalue weighted by atomic mass is 79.9. The molecule has 1 heterocycles. The van der Waals surface area contributed by atoms with E-state index in [9.17, 15) is 13.2 Å². The topological polar surface area (TPSA) is 38.9 Å². The number of hydrogen-bond donors (Lipinski definition) is 1. The van der Waals surface area contributed by atoms with Gasteiger partial charge in [0.2, 0.25) is 0 Å². The first-order chi connectivity index (χ1) is 5.95. The lowest BCUT2D eigenvalue weighted by Crippen LogP contribution is -2.13. The van der Waals surface area contributed by atoms with Crippen LogP contribution in [0, 0.1) is 0 Å². The van der Waals surface area contributed by atoms with Crippen molar-refractivity contribution in [3.05, 3.63) is 28.0 Å². The zero-order valence-corrected chi connectivity index (χ0v) is 9.21. The Morgan fingerprint density at radius 3 is 2.43 bits per heavy atom. The summed E-state index contributed by atoms with van der Waals surface area (Å²) < 4.78 is 37.2. The molecule has 2 N–H and O–H groups in total. The summed E-state index contributed by atoms with van der Waals surface area (Å²) in [4.78, 5) is 3.57. The van der Waals surface area contributed by atoms with Gasteiger partial charge in [0, 0.05) is 17.2 Å². The summed E-state index contributed by atoms with van der Waals surface area (Å²) in [6.07, 6.45) is -3.11. The lowest BCUT2D eigenvalue weighted by atomic mass is 10.2. The van der Waals surface area contributed by atoms with Crippen LogP contribution in [0.4, 0.5) is 13.2 Å². The van der Waals surface area contributed by atoms with Gasteiger partial charge in [0.25, 0.3) is 0 Å². The van der Waals surface area contributed by atoms with Gasteiger partial charge < -0.3 is 5.73 Å². The van der Waals surface area contributed by atoms with Gasteiger partial charge in [-0.1, -0.05) is 0 Å². The Hall–Kier alpha value is -0.330. The zero-order chi connectivity index (χ0) is 10.1. The van der Waals surface area contributed by atoms with Crippen molar-refractivity contribution in [3.8, 4) is 0 Å². The molecule has 0 aromatic carbocycles. The number of halogens is 5. The van der Waals surface area contributed by atoms with E-state index in [4.69, 9.17) is 5.73 Å². The van der Waals surface area contributed by atoms with Gasteiger partial charge >= 0.3 is 6.18 Å². The maximum atomic E-state index is 12.3. The van der Waals surface area contributed by atoms with Crippen molar-refractivity contribution in [2.45, 2.75) is 12.7 Å². The van der Waals surface area contributed by atoms with Gasteiger partial charge in [0.05, 0.1) is 11.3 Å². The van der Waals surface area contributed by atoms with E-state index in [0.29, 0.717) is 0 Å². The van der Waals surface area contributed by atoms with Crippen LogP contribution in [0.1, 0.15) is 11.3 Å². The lowest BCUT2D eigenvalue weighted by molar-refractivity contribution is -0.138. The molecule has 0 spiro atoms. The largest absolute Gasteiger partial charge is 0.418 e. The number of nitrogens with zero attached hydrogens (tertiary/aromatic N) is 1. The van der Waals surface area contributed by atoms with Gasteiger partial charge in [-0.15, -0.1) is 12.4 Å². The molecule has 0 bridgehead atoms. The molecule has 0 fully saturated rings. The molecule has 0 saturated heterocycles. The van der Waals surface area contributed by atoms with E-state index in [2.05, 4.69) is 20.9 Å². The van der Waals surface area contributed by atoms with Crippen LogP contribution < -0.4 is 5.73 Å². The van der Waals surface area contributed by atoms with Crippen LogP contribution >= 0.6 is 28.3 Å². The Balaban J connectivity index is 0.00000169. The number of alkyl halides is 3. The summed E-state index contributed by atoms with van der Waals surface area (Å²) in [5, 5.41) is 0. The third-order valence-electron chi connectivity index (χ3n) is 1.44. The number of hydrogen-bond acceptors (Lipinski definition) is 2. The second-order valence-corrected chi connectivity index (χ2v) is 3.27. The molecule has 0 aliphatic heterocycles. The average Bonchev–Trinajstić information content (AvgIpc) is 2.03. The van der Waals surface area contributed by atoms with Gasteiger partial charge in [0.1, 0.15) is 0 Å². The Morgan fingerprint density at radius 2 is 2.00 bits per heavy atom. The van der Waals surface area contributed by atoms with E-state index in [1.165, 1.54) is 6.20 Å². The first-order valence-electron chi connectivity index (χ1n) is 3.37. The smallest absolute Gasteiger partial charge is 0.325 e. The van der Waals surface area contributed by atoms with Crippen LogP contribution in [-0.2, 0) is 12.7 Å². The maximum absolute atomic E-state index is 12.3. The Morgan fingerprint density at radius 1 is 1.43 bits per heavy atom. The minimum Gasteiger partial charge on any atom is -0.325 e. The molecule has 1 aromatic rings. The van der Waals surface area contributed by atoms with Crippen molar-refractivity contribution in [2.24, 2.45) is 5.73 Å². The molecule has 0 saturated carbocycles. The molecule has 0 aliphatic rings. The van der Waals surface area contributed by atoms with Crippen molar-refractivity contribution in [2.75, 3.05) is 0 Å². The van der Waals surface area contributed by atoms with E-state index in [-0.39, 0.29) is 29.1 Å². The third-order valence-corrected chi connectivity index (χ3v) is 1.87. The molecular formula is C7H7BrClF3N2. The van der Waals surface area contributed by atoms with E-state index in [1.807, 2.05) is 0 Å². The minimum absolute atomic E-state index is 0. The predicted octanol–water partition coefficient (Wildman–Crippen LogP) is 2.74. The van der Waals surface area contributed by atoms with Crippen LogP contribution in [0.15, 0.2) is 16.7 Å². The standard InChI is InChI=1S/C7H6BrF3N2.ClH/c8-4-1-5(7(9,10)11)6(2-12)13-3-4;/h1,3H,2,12H2;1H. The zero-order valence-electron chi connectivity index (χ0n) is 6.81. The molecule has 7 heteroatoms. The van der Waals surface area contributed by atoms with Crippen molar-refractivity contribution in [1.29, 1.82) is 0 Å². The summed E-state index contributed by atoms with van der Waals surface area (Å²) in [7, 11) is 0. The van der Waals surface area contributed by atoms with Crippen LogP contribution in [0.5, 0.6) is 0 Å². The van der Waals surface area contributed by atoms with E-state index in [1.54, 1.807) is 0 Å². The number of nitrogens with two attached hydrogens (primary N) is 1. The van der Waals surface area contributed by atoms with Gasteiger partial charge in [-0.2, -0.15) is 13.2 Å². The number of rotatable bonds is 1. The molecule has 14 heavy (non-hydrogen) atoms. The minimum atomic E-state index is -4.40. The number of pyridine rings is 1. The highest BCUT2D eigenvalue weighted by molar-refractivity contribution is 9.10. The Bertz CT molecular complexity index is 316. The predicted molar refractivity (Wildman–Crippen MR) is 52.1 cm³/mol. The summed E-state index contributed by atoms with van der Waals surface area (Å²) in [5.41, 5.74) is 4.19. The summed E-state index contributed by atoms with van der Waals surface area (Å²) in [6, 6.07) is 0.967. The SMILES string of the molecule is Cl.NCc1ncc(Br)cc1C(F)(F)F. The summed E-state index contributed by atoms with van der Waals surface area (Å²) in [5.74, 6) is 0. The molecule has 0 aliphatic carbocycles. The quantitative estimate of drug-likeness (QED) is 0.864. The van der Waals surface area contributed by atoms with Gasteiger partial charge in [-0.05, 0) is 22.0 Å². The molecule has 1 aromatic heterocycles. The molecular weight excluding hydrogens is 284 g/mol. The highest BCUT2D eigenvalue weighted by Gasteiger charge is 2.33. The molecule has 0 amide bonds. The third kappa shape index (κ3) is 3.11. The molecule has 0 radical (unpaired) electrons. The fourth-order valence-electron chi connectivity index (χ4n) is 0.876. The van der Waals surface area contributed by atoms with Gasteiger partial charge in [0.15, 0.2) is 0 Å². The second kappa shape index (κ2) is 4.95. The first-order valence-corrected chi connectivity index (χ1v) is 4.16. The molecule has 0 unspecified atom stereocenters. The number of aromatic nitrogens is 1. The summed E-state index contributed by atoms with van der Waals surface area (Å²) >= 11 is 2.91. The Kier molecular flexibility index (Phi) is 4.83. The van der Waals surface area contributed by atoms with Crippen molar-refractivity contribution in [1.82, 2.24) is 4.98 Å². The van der Waals surface area contributed by atoms with E-state index >= 15 is 0 Å². The van der Waals surface area contributed by atoms with Crippen molar-refractivity contribution < 1.29 is 13.2 Å². The molecule has 80 valence electrons. The van der Waals surface area contributed by atoms with Crippen LogP contribution in [0.25, 0.3) is 0 Å². The normalized spacial score (nSPS) is 10.9. The van der Waals surface area contributed by atoms with Crippen LogP contribution in [0.2, 0.25) is 0 Å². The first kappa shape index (κ1) is 13.7. The van der Waals surface area contributed by atoms with E-state index < -0.39 is 11.7 Å². The molecule has 2 nitrogen and oxygen atoms in total. The average molecular weight is 291 g/mol. The van der Waals surface area contributed by atoms with Crippen LogP contribution in [0.3, 0.4) is 0 Å². The molecule has 1 rings (SSSR count). The second-order valence-electron chi connectivity index (χ2n) is 2.35.